The summed E-state index contributed by atoms with van der Waals surface area (Å²) in [5, 5.41) is 15.8. The maximum Gasteiger partial charge on any atom is 0.200 e. The quantitative estimate of drug-likeness (QED) is 0.719. The van der Waals surface area contributed by atoms with E-state index in [0.29, 0.717) is 25.4 Å². The van der Waals surface area contributed by atoms with Gasteiger partial charge in [-0.3, -0.25) is 0 Å². The molecule has 0 unspecified atom stereocenters. The van der Waals surface area contributed by atoms with Gasteiger partial charge in [0.1, 0.15) is 13.2 Å². The fourth-order valence-corrected chi connectivity index (χ4v) is 2.57. The Morgan fingerprint density at radius 2 is 2.00 bits per heavy atom. The smallest absolute Gasteiger partial charge is 0.200 e. The summed E-state index contributed by atoms with van der Waals surface area (Å²) in [6.45, 7) is 4.81. The van der Waals surface area contributed by atoms with Crippen LogP contribution in [0.3, 0.4) is 0 Å². The van der Waals surface area contributed by atoms with E-state index in [2.05, 4.69) is 32.4 Å². The number of hydrogen-bond donors (Lipinski definition) is 0. The molecule has 0 saturated heterocycles. The lowest BCUT2D eigenvalue weighted by molar-refractivity contribution is 0.171. The van der Waals surface area contributed by atoms with Crippen molar-refractivity contribution in [3.05, 3.63) is 35.9 Å². The van der Waals surface area contributed by atoms with Gasteiger partial charge in [-0.1, -0.05) is 6.07 Å². The first-order chi connectivity index (χ1) is 11.3. The van der Waals surface area contributed by atoms with Crippen molar-refractivity contribution in [1.82, 2.24) is 25.3 Å². The molecule has 0 radical (unpaired) electrons. The fourth-order valence-electron chi connectivity index (χ4n) is 2.57. The summed E-state index contributed by atoms with van der Waals surface area (Å²) in [6.07, 6.45) is 0. The van der Waals surface area contributed by atoms with Crippen LogP contribution in [0.2, 0.25) is 0 Å². The van der Waals surface area contributed by atoms with Gasteiger partial charge in [-0.05, 0) is 47.2 Å². The molecule has 1 aromatic carbocycles. The van der Waals surface area contributed by atoms with Crippen molar-refractivity contribution in [3.8, 4) is 11.5 Å². The third-order valence-electron chi connectivity index (χ3n) is 3.74. The summed E-state index contributed by atoms with van der Waals surface area (Å²) in [6, 6.07) is 9.80. The van der Waals surface area contributed by atoms with E-state index in [4.69, 9.17) is 9.47 Å². The molecule has 1 aliphatic rings. The normalized spacial score (nSPS) is 13.3. The van der Waals surface area contributed by atoms with E-state index < -0.39 is 0 Å². The lowest BCUT2D eigenvalue weighted by Gasteiger charge is -2.23. The van der Waals surface area contributed by atoms with E-state index >= 15 is 0 Å². The number of aromatic nitrogens is 5. The van der Waals surface area contributed by atoms with Crippen molar-refractivity contribution in [2.75, 3.05) is 24.7 Å². The third kappa shape index (κ3) is 2.63. The van der Waals surface area contributed by atoms with Crippen LogP contribution < -0.4 is 14.4 Å². The Morgan fingerprint density at radius 3 is 2.87 bits per heavy atom. The monoisotopic (exact) mass is 312 g/mol. The van der Waals surface area contributed by atoms with Gasteiger partial charge in [0.25, 0.3) is 0 Å². The van der Waals surface area contributed by atoms with Crippen LogP contribution in [0.5, 0.6) is 11.5 Å². The van der Waals surface area contributed by atoms with Crippen LogP contribution in [0.15, 0.2) is 30.3 Å². The highest BCUT2D eigenvalue weighted by molar-refractivity contribution is 5.47. The van der Waals surface area contributed by atoms with Gasteiger partial charge in [0.2, 0.25) is 0 Å². The van der Waals surface area contributed by atoms with E-state index in [9.17, 15) is 0 Å². The second-order valence-electron chi connectivity index (χ2n) is 5.21. The summed E-state index contributed by atoms with van der Waals surface area (Å²) < 4.78 is 12.6. The standard InChI is InChI=1S/C15H16N6O2/c1-2-20(15-6-5-14-16-18-19-21(14)17-15)10-11-3-4-12-13(9-11)23-8-7-22-12/h3-6,9H,2,7-8,10H2,1H3. The predicted octanol–water partition coefficient (Wildman–Crippen LogP) is 1.32. The molecule has 3 heterocycles. The van der Waals surface area contributed by atoms with Gasteiger partial charge in [-0.25, -0.2) is 0 Å². The average molecular weight is 312 g/mol. The molecule has 0 bridgehead atoms. The molecule has 0 spiro atoms. The van der Waals surface area contributed by atoms with Gasteiger partial charge in [-0.2, -0.15) is 0 Å². The van der Waals surface area contributed by atoms with Crippen LogP contribution >= 0.6 is 0 Å². The van der Waals surface area contributed by atoms with Gasteiger partial charge < -0.3 is 14.4 Å². The molecular weight excluding hydrogens is 296 g/mol. The third-order valence-corrected chi connectivity index (χ3v) is 3.74. The van der Waals surface area contributed by atoms with Gasteiger partial charge >= 0.3 is 0 Å². The number of nitrogens with zero attached hydrogens (tertiary/aromatic N) is 6. The van der Waals surface area contributed by atoms with E-state index in [1.807, 2.05) is 30.3 Å². The number of benzene rings is 1. The van der Waals surface area contributed by atoms with Crippen molar-refractivity contribution in [3.63, 3.8) is 0 Å². The molecular formula is C15H16N6O2. The van der Waals surface area contributed by atoms with Crippen LogP contribution in [-0.4, -0.2) is 45.0 Å². The molecule has 8 nitrogen and oxygen atoms in total. The summed E-state index contributed by atoms with van der Waals surface area (Å²) in [5.41, 5.74) is 1.76. The minimum absolute atomic E-state index is 0.589. The summed E-state index contributed by atoms with van der Waals surface area (Å²) in [5.74, 6) is 2.42. The summed E-state index contributed by atoms with van der Waals surface area (Å²) in [7, 11) is 0. The van der Waals surface area contributed by atoms with Gasteiger partial charge in [0, 0.05) is 13.1 Å². The Bertz CT molecular complexity index is 834. The zero-order chi connectivity index (χ0) is 15.6. The first kappa shape index (κ1) is 13.7. The van der Waals surface area contributed by atoms with Crippen molar-refractivity contribution in [2.24, 2.45) is 0 Å². The number of ether oxygens (including phenoxy) is 2. The maximum atomic E-state index is 5.64. The molecule has 4 rings (SSSR count). The van der Waals surface area contributed by atoms with Crippen molar-refractivity contribution >= 4 is 11.5 Å². The minimum atomic E-state index is 0.589. The Kier molecular flexibility index (Phi) is 3.41. The second kappa shape index (κ2) is 5.71. The zero-order valence-electron chi connectivity index (χ0n) is 12.7. The summed E-state index contributed by atoms with van der Waals surface area (Å²) >= 11 is 0. The SMILES string of the molecule is CCN(Cc1ccc2c(c1)OCCO2)c1ccc2nnnn2n1. The van der Waals surface area contributed by atoms with Crippen LogP contribution in [0.25, 0.3) is 5.65 Å². The number of fused-ring (bicyclic) bond motifs is 2. The van der Waals surface area contributed by atoms with Gasteiger partial charge in [0.05, 0.1) is 0 Å². The number of rotatable bonds is 4. The topological polar surface area (TPSA) is 77.7 Å². The lowest BCUT2D eigenvalue weighted by atomic mass is 10.2. The van der Waals surface area contributed by atoms with E-state index in [-0.39, 0.29) is 0 Å². The first-order valence-electron chi connectivity index (χ1n) is 7.52. The second-order valence-corrected chi connectivity index (χ2v) is 5.21. The summed E-state index contributed by atoms with van der Waals surface area (Å²) in [4.78, 5) is 2.15. The molecule has 118 valence electrons. The number of tetrazole rings is 1. The van der Waals surface area contributed by atoms with Gasteiger partial charge in [0.15, 0.2) is 23.0 Å². The highest BCUT2D eigenvalue weighted by atomic mass is 16.6. The highest BCUT2D eigenvalue weighted by Gasteiger charge is 2.14. The Balaban J connectivity index is 1.60. The predicted molar refractivity (Wildman–Crippen MR) is 82.7 cm³/mol. The van der Waals surface area contributed by atoms with Crippen LogP contribution in [0.4, 0.5) is 5.82 Å². The molecule has 0 amide bonds. The van der Waals surface area contributed by atoms with Crippen molar-refractivity contribution < 1.29 is 9.47 Å². The molecule has 0 N–H and O–H groups in total. The largest absolute Gasteiger partial charge is 0.486 e. The van der Waals surface area contributed by atoms with Crippen molar-refractivity contribution in [2.45, 2.75) is 13.5 Å². The number of anilines is 1. The van der Waals surface area contributed by atoms with E-state index in [1.54, 1.807) is 0 Å². The van der Waals surface area contributed by atoms with Crippen molar-refractivity contribution in [1.29, 1.82) is 0 Å². The molecule has 1 aliphatic heterocycles. The average Bonchev–Trinajstić information content (AvgIpc) is 3.07. The lowest BCUT2D eigenvalue weighted by Crippen LogP contribution is -2.24. The molecule has 3 aromatic rings. The fraction of sp³-hybridized carbons (Fsp3) is 0.333. The zero-order valence-corrected chi connectivity index (χ0v) is 12.7. The van der Waals surface area contributed by atoms with Crippen LogP contribution in [0, 0.1) is 0 Å². The van der Waals surface area contributed by atoms with Crippen LogP contribution in [-0.2, 0) is 6.54 Å². The molecule has 0 fully saturated rings. The Labute approximate surface area is 132 Å². The molecule has 0 aliphatic carbocycles. The number of hydrogen-bond acceptors (Lipinski definition) is 7. The Morgan fingerprint density at radius 1 is 1.13 bits per heavy atom. The van der Waals surface area contributed by atoms with Crippen LogP contribution in [0.1, 0.15) is 12.5 Å². The molecule has 2 aromatic heterocycles. The molecule has 0 saturated carbocycles. The first-order valence-corrected chi connectivity index (χ1v) is 7.52. The van der Waals surface area contributed by atoms with E-state index in [0.717, 1.165) is 29.4 Å². The van der Waals surface area contributed by atoms with E-state index in [1.165, 1.54) is 4.63 Å². The Hall–Kier alpha value is -2.90. The minimum Gasteiger partial charge on any atom is -0.486 e. The van der Waals surface area contributed by atoms with Gasteiger partial charge in [-0.15, -0.1) is 14.8 Å². The molecule has 0 atom stereocenters. The maximum absolute atomic E-state index is 5.64. The molecule has 23 heavy (non-hydrogen) atoms. The molecule has 8 heteroatoms. The highest BCUT2D eigenvalue weighted by Crippen LogP contribution is 2.31.